The lowest BCUT2D eigenvalue weighted by atomic mass is 9.93. The molecule has 2 rings (SSSR count). The average molecular weight is 276 g/mol. The number of hydrogen-bond acceptors (Lipinski definition) is 3. The van der Waals surface area contributed by atoms with E-state index in [1.165, 1.54) is 31.3 Å². The number of nitrogens with one attached hydrogen (secondary N) is 1. The highest BCUT2D eigenvalue weighted by molar-refractivity contribution is 5.46. The number of allylic oxidation sites excluding steroid dienone is 4. The van der Waals surface area contributed by atoms with Crippen molar-refractivity contribution in [3.05, 3.63) is 35.3 Å². The van der Waals surface area contributed by atoms with E-state index in [0.717, 1.165) is 44.6 Å². The van der Waals surface area contributed by atoms with Crippen molar-refractivity contribution < 1.29 is 5.11 Å². The summed E-state index contributed by atoms with van der Waals surface area (Å²) in [5.41, 5.74) is 2.35. The second-order valence-corrected chi connectivity index (χ2v) is 5.66. The first kappa shape index (κ1) is 15.2. The third kappa shape index (κ3) is 4.14. The second kappa shape index (κ2) is 8.15. The average Bonchev–Trinajstić information content (AvgIpc) is 2.49. The Kier molecular flexibility index (Phi) is 6.19. The molecule has 0 aromatic rings. The van der Waals surface area contributed by atoms with Crippen LogP contribution in [0.5, 0.6) is 0 Å². The van der Waals surface area contributed by atoms with Crippen LogP contribution >= 0.6 is 0 Å². The molecule has 0 radical (unpaired) electrons. The second-order valence-electron chi connectivity index (χ2n) is 5.66. The van der Waals surface area contributed by atoms with Crippen LogP contribution in [0.25, 0.3) is 0 Å². The molecule has 0 saturated carbocycles. The van der Waals surface area contributed by atoms with Crippen molar-refractivity contribution in [3.8, 4) is 0 Å². The van der Waals surface area contributed by atoms with Gasteiger partial charge in [-0.15, -0.1) is 0 Å². The van der Waals surface area contributed by atoms with Gasteiger partial charge in [-0.1, -0.05) is 44.4 Å². The molecule has 3 nitrogen and oxygen atoms in total. The normalized spacial score (nSPS) is 18.2. The molecular weight excluding hydrogens is 248 g/mol. The predicted octanol–water partition coefficient (Wildman–Crippen LogP) is 3.52. The van der Waals surface area contributed by atoms with Gasteiger partial charge in [0.15, 0.2) is 5.88 Å². The number of nitrogens with zero attached hydrogens (tertiary/aromatic N) is 1. The number of aliphatic hydroxyl groups is 1. The molecule has 1 aliphatic heterocycles. The molecule has 0 atom stereocenters. The van der Waals surface area contributed by atoms with Gasteiger partial charge in [-0.2, -0.15) is 0 Å². The molecule has 20 heavy (non-hydrogen) atoms. The highest BCUT2D eigenvalue weighted by atomic mass is 16.3. The summed E-state index contributed by atoms with van der Waals surface area (Å²) in [6.07, 6.45) is 13.8. The van der Waals surface area contributed by atoms with Crippen molar-refractivity contribution >= 4 is 0 Å². The Morgan fingerprint density at radius 3 is 3.00 bits per heavy atom. The van der Waals surface area contributed by atoms with Gasteiger partial charge in [0.05, 0.1) is 0 Å². The largest absolute Gasteiger partial charge is 0.494 e. The highest BCUT2D eigenvalue weighted by Gasteiger charge is 2.20. The van der Waals surface area contributed by atoms with E-state index in [1.54, 1.807) is 0 Å². The summed E-state index contributed by atoms with van der Waals surface area (Å²) in [5.74, 6) is 0.464. The van der Waals surface area contributed by atoms with Crippen LogP contribution in [0.1, 0.15) is 45.4 Å². The zero-order chi connectivity index (χ0) is 14.2. The van der Waals surface area contributed by atoms with Gasteiger partial charge in [-0.05, 0) is 31.4 Å². The summed E-state index contributed by atoms with van der Waals surface area (Å²) in [5, 5.41) is 13.8. The molecule has 0 aromatic heterocycles. The summed E-state index contributed by atoms with van der Waals surface area (Å²) in [6.45, 7) is 5.99. The van der Waals surface area contributed by atoms with Gasteiger partial charge >= 0.3 is 0 Å². The van der Waals surface area contributed by atoms with E-state index < -0.39 is 0 Å². The topological polar surface area (TPSA) is 35.5 Å². The van der Waals surface area contributed by atoms with Gasteiger partial charge in [0.2, 0.25) is 0 Å². The molecule has 2 aliphatic rings. The van der Waals surface area contributed by atoms with E-state index in [9.17, 15) is 5.11 Å². The SMILES string of the molecule is CCCCCCNCCN1CC=C2CCC=CC2=C1O. The Balaban J connectivity index is 1.70. The van der Waals surface area contributed by atoms with Crippen molar-refractivity contribution in [1.82, 2.24) is 10.2 Å². The van der Waals surface area contributed by atoms with Gasteiger partial charge in [0, 0.05) is 25.2 Å². The lowest BCUT2D eigenvalue weighted by molar-refractivity contribution is 0.208. The molecule has 0 aromatic carbocycles. The van der Waals surface area contributed by atoms with Crippen LogP contribution < -0.4 is 5.32 Å². The number of unbranched alkanes of at least 4 members (excludes halogenated alkanes) is 3. The Hall–Kier alpha value is -1.22. The molecule has 3 heteroatoms. The Bertz CT molecular complexity index is 396. The fourth-order valence-electron chi connectivity index (χ4n) is 2.80. The van der Waals surface area contributed by atoms with Crippen LogP contribution in [0.15, 0.2) is 35.3 Å². The van der Waals surface area contributed by atoms with Crippen molar-refractivity contribution in [1.29, 1.82) is 0 Å². The van der Waals surface area contributed by atoms with Crippen LogP contribution in [0.4, 0.5) is 0 Å². The Morgan fingerprint density at radius 2 is 2.15 bits per heavy atom. The molecule has 1 aliphatic carbocycles. The van der Waals surface area contributed by atoms with Gasteiger partial charge in [-0.25, -0.2) is 0 Å². The molecule has 2 N–H and O–H groups in total. The van der Waals surface area contributed by atoms with Crippen LogP contribution in [0.3, 0.4) is 0 Å². The maximum Gasteiger partial charge on any atom is 0.194 e. The number of fused-ring (bicyclic) bond motifs is 1. The van der Waals surface area contributed by atoms with Crippen molar-refractivity contribution in [2.75, 3.05) is 26.2 Å². The first-order valence-electron chi connectivity index (χ1n) is 8.07. The fraction of sp³-hybridized carbons (Fsp3) is 0.647. The molecule has 1 heterocycles. The molecule has 0 fully saturated rings. The molecular formula is C17H28N2O. The van der Waals surface area contributed by atoms with Crippen LogP contribution in [0, 0.1) is 0 Å². The van der Waals surface area contributed by atoms with Crippen molar-refractivity contribution in [3.63, 3.8) is 0 Å². The van der Waals surface area contributed by atoms with Crippen LogP contribution in [-0.2, 0) is 0 Å². The minimum absolute atomic E-state index is 0.464. The van der Waals surface area contributed by atoms with E-state index in [4.69, 9.17) is 0 Å². The van der Waals surface area contributed by atoms with Crippen molar-refractivity contribution in [2.24, 2.45) is 0 Å². The van der Waals surface area contributed by atoms with Gasteiger partial charge < -0.3 is 15.3 Å². The van der Waals surface area contributed by atoms with Gasteiger partial charge in [0.1, 0.15) is 0 Å². The maximum atomic E-state index is 10.3. The molecule has 0 bridgehead atoms. The standard InChI is InChI=1S/C17H28N2O/c1-2-3-4-7-11-18-12-14-19-13-10-15-8-5-6-9-16(15)17(19)20/h6,9-10,18,20H,2-5,7-8,11-14H2,1H3. The third-order valence-electron chi connectivity index (χ3n) is 4.07. The molecule has 0 saturated heterocycles. The van der Waals surface area contributed by atoms with E-state index in [0.29, 0.717) is 5.88 Å². The zero-order valence-corrected chi connectivity index (χ0v) is 12.7. The van der Waals surface area contributed by atoms with Crippen LogP contribution in [-0.4, -0.2) is 36.2 Å². The van der Waals surface area contributed by atoms with E-state index >= 15 is 0 Å². The molecule has 0 unspecified atom stereocenters. The minimum Gasteiger partial charge on any atom is -0.494 e. The summed E-state index contributed by atoms with van der Waals surface area (Å²) >= 11 is 0. The lowest BCUT2D eigenvalue weighted by Crippen LogP contribution is -2.34. The quantitative estimate of drug-likeness (QED) is 0.666. The fourth-order valence-corrected chi connectivity index (χ4v) is 2.80. The summed E-state index contributed by atoms with van der Waals surface area (Å²) < 4.78 is 0. The first-order valence-corrected chi connectivity index (χ1v) is 8.07. The van der Waals surface area contributed by atoms with Gasteiger partial charge in [-0.3, -0.25) is 0 Å². The summed E-state index contributed by atoms with van der Waals surface area (Å²) in [6, 6.07) is 0. The molecule has 112 valence electrons. The number of hydrogen-bond donors (Lipinski definition) is 2. The Labute approximate surface area is 123 Å². The number of aliphatic hydroxyl groups excluding tert-OH is 1. The molecule has 0 spiro atoms. The lowest BCUT2D eigenvalue weighted by Gasteiger charge is -2.30. The predicted molar refractivity (Wildman–Crippen MR) is 84.7 cm³/mol. The smallest absolute Gasteiger partial charge is 0.194 e. The highest BCUT2D eigenvalue weighted by Crippen LogP contribution is 2.29. The summed E-state index contributed by atoms with van der Waals surface area (Å²) in [7, 11) is 0. The molecule has 0 amide bonds. The number of rotatable bonds is 8. The van der Waals surface area contributed by atoms with Gasteiger partial charge in [0.25, 0.3) is 0 Å². The van der Waals surface area contributed by atoms with Crippen molar-refractivity contribution in [2.45, 2.75) is 45.4 Å². The van der Waals surface area contributed by atoms with E-state index in [1.807, 2.05) is 0 Å². The maximum absolute atomic E-state index is 10.3. The van der Waals surface area contributed by atoms with E-state index in [-0.39, 0.29) is 0 Å². The monoisotopic (exact) mass is 276 g/mol. The van der Waals surface area contributed by atoms with E-state index in [2.05, 4.69) is 35.4 Å². The third-order valence-corrected chi connectivity index (χ3v) is 4.07. The first-order chi connectivity index (χ1) is 9.83. The Morgan fingerprint density at radius 1 is 1.25 bits per heavy atom. The van der Waals surface area contributed by atoms with Crippen LogP contribution in [0.2, 0.25) is 0 Å². The minimum atomic E-state index is 0.464. The zero-order valence-electron chi connectivity index (χ0n) is 12.7. The summed E-state index contributed by atoms with van der Waals surface area (Å²) in [4.78, 5) is 2.06.